The zero-order valence-corrected chi connectivity index (χ0v) is 14.1. The third-order valence-corrected chi connectivity index (χ3v) is 7.07. The molecule has 22 heavy (non-hydrogen) atoms. The van der Waals surface area contributed by atoms with Gasteiger partial charge in [0, 0.05) is 10.4 Å². The van der Waals surface area contributed by atoms with E-state index in [1.54, 1.807) is 11.8 Å². The fourth-order valence-corrected chi connectivity index (χ4v) is 6.29. The molecule has 5 rings (SSSR count). The highest BCUT2D eigenvalue weighted by Gasteiger charge is 2.51. The maximum atomic E-state index is 12.5. The van der Waals surface area contributed by atoms with Crippen molar-refractivity contribution in [3.63, 3.8) is 0 Å². The van der Waals surface area contributed by atoms with Crippen LogP contribution in [0.2, 0.25) is 0 Å². The summed E-state index contributed by atoms with van der Waals surface area (Å²) in [7, 11) is 0. The van der Waals surface area contributed by atoms with Gasteiger partial charge in [0.2, 0.25) is 5.91 Å². The Kier molecular flexibility index (Phi) is 3.72. The molecule has 4 aliphatic rings. The van der Waals surface area contributed by atoms with Crippen molar-refractivity contribution in [2.24, 2.45) is 17.8 Å². The molecule has 0 aliphatic heterocycles. The van der Waals surface area contributed by atoms with Gasteiger partial charge in [-0.2, -0.15) is 0 Å². The number of thioether (sulfide) groups is 1. The molecule has 4 fully saturated rings. The fourth-order valence-electron chi connectivity index (χ4n) is 5.46. The van der Waals surface area contributed by atoms with Gasteiger partial charge in [0.05, 0.1) is 5.75 Å². The van der Waals surface area contributed by atoms with Gasteiger partial charge in [0.1, 0.15) is 0 Å². The van der Waals surface area contributed by atoms with Crippen molar-refractivity contribution in [1.29, 1.82) is 0 Å². The van der Waals surface area contributed by atoms with Crippen LogP contribution in [-0.4, -0.2) is 17.2 Å². The Morgan fingerprint density at radius 1 is 1.14 bits per heavy atom. The van der Waals surface area contributed by atoms with E-state index in [2.05, 4.69) is 30.4 Å². The molecule has 1 aromatic rings. The normalized spacial score (nSPS) is 35.6. The topological polar surface area (TPSA) is 29.1 Å². The molecule has 3 heteroatoms. The van der Waals surface area contributed by atoms with Crippen LogP contribution >= 0.6 is 11.8 Å². The van der Waals surface area contributed by atoms with Crippen molar-refractivity contribution < 1.29 is 4.79 Å². The van der Waals surface area contributed by atoms with Crippen LogP contribution in [0.4, 0.5) is 0 Å². The molecule has 0 spiro atoms. The van der Waals surface area contributed by atoms with Crippen LogP contribution in [-0.2, 0) is 4.79 Å². The number of rotatable bonds is 4. The molecule has 4 aliphatic carbocycles. The van der Waals surface area contributed by atoms with Gasteiger partial charge in [0.25, 0.3) is 0 Å². The summed E-state index contributed by atoms with van der Waals surface area (Å²) >= 11 is 1.67. The predicted octanol–water partition coefficient (Wildman–Crippen LogP) is 4.17. The first-order chi connectivity index (χ1) is 10.6. The predicted molar refractivity (Wildman–Crippen MR) is 90.9 cm³/mol. The molecular weight excluding hydrogens is 290 g/mol. The molecule has 4 bridgehead atoms. The first kappa shape index (κ1) is 14.6. The second-order valence-corrected chi connectivity index (χ2v) is 8.82. The highest BCUT2D eigenvalue weighted by molar-refractivity contribution is 8.00. The Morgan fingerprint density at radius 2 is 1.73 bits per heavy atom. The van der Waals surface area contributed by atoms with Gasteiger partial charge in [-0.15, -0.1) is 11.8 Å². The Bertz CT molecular complexity index is 547. The average Bonchev–Trinajstić information content (AvgIpc) is 2.44. The monoisotopic (exact) mass is 315 g/mol. The molecule has 4 saturated carbocycles. The van der Waals surface area contributed by atoms with E-state index in [1.165, 1.54) is 49.0 Å². The minimum Gasteiger partial charge on any atom is -0.350 e. The molecule has 0 aromatic heterocycles. The number of hydrogen-bond donors (Lipinski definition) is 1. The quantitative estimate of drug-likeness (QED) is 0.845. The Balaban J connectivity index is 1.37. The summed E-state index contributed by atoms with van der Waals surface area (Å²) in [4.78, 5) is 13.7. The number of carbonyl (C=O) groups excluding carboxylic acids is 1. The van der Waals surface area contributed by atoms with Gasteiger partial charge in [-0.1, -0.05) is 18.2 Å². The lowest BCUT2D eigenvalue weighted by Gasteiger charge is -2.56. The molecule has 0 radical (unpaired) electrons. The lowest BCUT2D eigenvalue weighted by molar-refractivity contribution is -0.124. The second kappa shape index (κ2) is 5.59. The summed E-state index contributed by atoms with van der Waals surface area (Å²) in [5.74, 6) is 3.43. The second-order valence-electron chi connectivity index (χ2n) is 7.80. The summed E-state index contributed by atoms with van der Waals surface area (Å²) in [5.41, 5.74) is 1.41. The first-order valence-corrected chi connectivity index (χ1v) is 9.60. The number of aryl methyl sites for hydroxylation is 1. The summed E-state index contributed by atoms with van der Waals surface area (Å²) in [6.45, 7) is 2.11. The van der Waals surface area contributed by atoms with E-state index in [1.807, 2.05) is 6.07 Å². The molecule has 0 unspecified atom stereocenters. The minimum atomic E-state index is 0.151. The third-order valence-electron chi connectivity index (χ3n) is 5.90. The van der Waals surface area contributed by atoms with Crippen LogP contribution in [0.25, 0.3) is 0 Å². The maximum Gasteiger partial charge on any atom is 0.230 e. The SMILES string of the molecule is Cc1ccccc1SCC(=O)NC12CC3CC(CC(C3)C1)C2. The van der Waals surface area contributed by atoms with Crippen LogP contribution < -0.4 is 5.32 Å². The van der Waals surface area contributed by atoms with Crippen LogP contribution in [0.15, 0.2) is 29.2 Å². The molecule has 0 atom stereocenters. The average molecular weight is 315 g/mol. The summed E-state index contributed by atoms with van der Waals surface area (Å²) in [6.07, 6.45) is 7.98. The van der Waals surface area contributed by atoms with Crippen molar-refractivity contribution in [3.05, 3.63) is 29.8 Å². The van der Waals surface area contributed by atoms with E-state index >= 15 is 0 Å². The molecule has 1 aromatic carbocycles. The van der Waals surface area contributed by atoms with Crippen molar-refractivity contribution in [2.75, 3.05) is 5.75 Å². The van der Waals surface area contributed by atoms with Crippen LogP contribution in [0.1, 0.15) is 44.1 Å². The van der Waals surface area contributed by atoms with Crippen LogP contribution in [0.3, 0.4) is 0 Å². The lowest BCUT2D eigenvalue weighted by Crippen LogP contribution is -2.60. The standard InChI is InChI=1S/C19H25NOS/c1-13-4-2-3-5-17(13)22-12-18(21)20-19-9-14-6-15(10-19)8-16(7-14)11-19/h2-5,14-16H,6-12H2,1H3,(H,20,21). The van der Waals surface area contributed by atoms with Gasteiger partial charge < -0.3 is 5.32 Å². The zero-order chi connectivity index (χ0) is 15.2. The number of nitrogens with one attached hydrogen (secondary N) is 1. The Labute approximate surface area is 137 Å². The Morgan fingerprint density at radius 3 is 2.32 bits per heavy atom. The first-order valence-electron chi connectivity index (χ1n) is 8.61. The number of carbonyl (C=O) groups is 1. The van der Waals surface area contributed by atoms with Gasteiger partial charge in [-0.05, 0) is 74.8 Å². The van der Waals surface area contributed by atoms with E-state index in [9.17, 15) is 4.79 Å². The maximum absolute atomic E-state index is 12.5. The summed E-state index contributed by atoms with van der Waals surface area (Å²) in [6, 6.07) is 8.32. The Hall–Kier alpha value is -0.960. The van der Waals surface area contributed by atoms with E-state index < -0.39 is 0 Å². The van der Waals surface area contributed by atoms with Crippen molar-refractivity contribution >= 4 is 17.7 Å². The summed E-state index contributed by atoms with van der Waals surface area (Å²) < 4.78 is 0. The van der Waals surface area contributed by atoms with Gasteiger partial charge in [-0.25, -0.2) is 0 Å². The highest BCUT2D eigenvalue weighted by Crippen LogP contribution is 2.55. The van der Waals surface area contributed by atoms with E-state index in [0.717, 1.165) is 17.8 Å². The smallest absolute Gasteiger partial charge is 0.230 e. The largest absolute Gasteiger partial charge is 0.350 e. The van der Waals surface area contributed by atoms with Crippen LogP contribution in [0.5, 0.6) is 0 Å². The van der Waals surface area contributed by atoms with Crippen molar-refractivity contribution in [2.45, 2.75) is 55.9 Å². The van der Waals surface area contributed by atoms with Crippen LogP contribution in [0, 0.1) is 24.7 Å². The third kappa shape index (κ3) is 2.80. The van der Waals surface area contributed by atoms with E-state index in [4.69, 9.17) is 0 Å². The summed E-state index contributed by atoms with van der Waals surface area (Å²) in [5, 5.41) is 3.45. The number of benzene rings is 1. The van der Waals surface area contributed by atoms with Gasteiger partial charge >= 0.3 is 0 Å². The van der Waals surface area contributed by atoms with Crippen molar-refractivity contribution in [3.8, 4) is 0 Å². The lowest BCUT2D eigenvalue weighted by atomic mass is 9.53. The molecule has 0 heterocycles. The zero-order valence-electron chi connectivity index (χ0n) is 13.3. The molecule has 118 valence electrons. The molecule has 2 nitrogen and oxygen atoms in total. The number of hydrogen-bond acceptors (Lipinski definition) is 2. The molecule has 1 N–H and O–H groups in total. The van der Waals surface area contributed by atoms with Crippen molar-refractivity contribution in [1.82, 2.24) is 5.32 Å². The number of amides is 1. The van der Waals surface area contributed by atoms with Gasteiger partial charge in [0.15, 0.2) is 0 Å². The van der Waals surface area contributed by atoms with E-state index in [0.29, 0.717) is 5.75 Å². The van der Waals surface area contributed by atoms with E-state index in [-0.39, 0.29) is 11.4 Å². The fraction of sp³-hybridized carbons (Fsp3) is 0.632. The molecule has 1 amide bonds. The molecular formula is C19H25NOS. The van der Waals surface area contributed by atoms with Gasteiger partial charge in [-0.3, -0.25) is 4.79 Å². The molecule has 0 saturated heterocycles. The highest BCUT2D eigenvalue weighted by atomic mass is 32.2. The minimum absolute atomic E-state index is 0.151.